The Kier molecular flexibility index (Phi) is 2.72. The molecule has 11 heavy (non-hydrogen) atoms. The molecule has 0 bridgehead atoms. The van der Waals surface area contributed by atoms with Crippen molar-refractivity contribution in [3.63, 3.8) is 0 Å². The van der Waals surface area contributed by atoms with E-state index in [1.807, 2.05) is 0 Å². The van der Waals surface area contributed by atoms with Crippen LogP contribution in [0.15, 0.2) is 0 Å². The second-order valence-electron chi connectivity index (χ2n) is 2.65. The Hall–Kier alpha value is -0.300. The fraction of sp³-hybridized carbons (Fsp3) is 0.857. The van der Waals surface area contributed by atoms with Gasteiger partial charge in [0.15, 0.2) is 0 Å². The van der Waals surface area contributed by atoms with Crippen molar-refractivity contribution in [2.24, 2.45) is 5.92 Å². The van der Waals surface area contributed by atoms with Crippen LogP contribution in [0.1, 0.15) is 12.8 Å². The van der Waals surface area contributed by atoms with Crippen LogP contribution in [0.4, 0.5) is 8.78 Å². The Morgan fingerprint density at radius 2 is 2.27 bits per heavy atom. The third-order valence-corrected chi connectivity index (χ3v) is 3.04. The van der Waals surface area contributed by atoms with Gasteiger partial charge in [0.05, 0.1) is 0 Å². The van der Waals surface area contributed by atoms with Crippen molar-refractivity contribution < 1.29 is 8.78 Å². The van der Waals surface area contributed by atoms with Gasteiger partial charge in [0.25, 0.3) is 0 Å². The highest BCUT2D eigenvalue weighted by Crippen LogP contribution is 2.34. The quantitative estimate of drug-likeness (QED) is 0.613. The van der Waals surface area contributed by atoms with Crippen LogP contribution >= 0.6 is 11.8 Å². The lowest BCUT2D eigenvalue weighted by molar-refractivity contribution is 0.00428. The molecule has 1 unspecified atom stereocenters. The third-order valence-electron chi connectivity index (χ3n) is 1.82. The molecule has 4 heteroatoms. The summed E-state index contributed by atoms with van der Waals surface area (Å²) in [5, 5.41) is 8.14. The number of alkyl halides is 2. The van der Waals surface area contributed by atoms with Gasteiger partial charge < -0.3 is 0 Å². The van der Waals surface area contributed by atoms with Gasteiger partial charge in [-0.2, -0.15) is 25.8 Å². The molecule has 0 radical (unpaired) electrons. The van der Waals surface area contributed by atoms with E-state index in [1.54, 1.807) is 0 Å². The Balaban J connectivity index is 2.52. The molecule has 1 aliphatic rings. The second-order valence-corrected chi connectivity index (χ2v) is 3.80. The molecular formula is C7H9F2NS. The summed E-state index contributed by atoms with van der Waals surface area (Å²) in [6, 6.07) is 1.06. The lowest BCUT2D eigenvalue weighted by Gasteiger charge is -2.24. The fourth-order valence-electron chi connectivity index (χ4n) is 1.12. The van der Waals surface area contributed by atoms with Gasteiger partial charge >= 0.3 is 5.92 Å². The van der Waals surface area contributed by atoms with Crippen molar-refractivity contribution in [1.29, 1.82) is 5.26 Å². The SMILES string of the molecule is N#CC(F)(F)C1CCCSC1. The van der Waals surface area contributed by atoms with E-state index in [0.717, 1.165) is 18.2 Å². The zero-order valence-corrected chi connectivity index (χ0v) is 6.83. The lowest BCUT2D eigenvalue weighted by atomic mass is 9.99. The van der Waals surface area contributed by atoms with Crippen LogP contribution in [0.25, 0.3) is 0 Å². The van der Waals surface area contributed by atoms with E-state index in [1.165, 1.54) is 11.8 Å². The Morgan fingerprint density at radius 1 is 1.55 bits per heavy atom. The summed E-state index contributed by atoms with van der Waals surface area (Å²) in [6.07, 6.45) is 1.31. The maximum Gasteiger partial charge on any atom is 0.335 e. The predicted molar refractivity (Wildman–Crippen MR) is 40.6 cm³/mol. The van der Waals surface area contributed by atoms with Crippen LogP contribution < -0.4 is 0 Å². The van der Waals surface area contributed by atoms with Gasteiger partial charge in [-0.25, -0.2) is 0 Å². The van der Waals surface area contributed by atoms with Crippen LogP contribution in [-0.2, 0) is 0 Å². The van der Waals surface area contributed by atoms with E-state index < -0.39 is 11.8 Å². The summed E-state index contributed by atoms with van der Waals surface area (Å²) >= 11 is 1.51. The van der Waals surface area contributed by atoms with Gasteiger partial charge in [-0.15, -0.1) is 0 Å². The summed E-state index contributed by atoms with van der Waals surface area (Å²) in [5.74, 6) is -2.43. The molecule has 1 aliphatic heterocycles. The van der Waals surface area contributed by atoms with Gasteiger partial charge in [0, 0.05) is 11.7 Å². The van der Waals surface area contributed by atoms with E-state index in [4.69, 9.17) is 5.26 Å². The summed E-state index contributed by atoms with van der Waals surface area (Å²) in [7, 11) is 0. The highest BCUT2D eigenvalue weighted by atomic mass is 32.2. The number of hydrogen-bond acceptors (Lipinski definition) is 2. The van der Waals surface area contributed by atoms with Crippen LogP contribution in [0.3, 0.4) is 0 Å². The molecule has 0 aromatic carbocycles. The average Bonchev–Trinajstić information content (AvgIpc) is 2.06. The first kappa shape index (κ1) is 8.79. The normalized spacial score (nSPS) is 26.1. The van der Waals surface area contributed by atoms with Crippen molar-refractivity contribution in [2.45, 2.75) is 18.8 Å². The maximum absolute atomic E-state index is 12.7. The minimum Gasteiger partial charge on any atom is -0.192 e. The molecule has 1 nitrogen and oxygen atoms in total. The highest BCUT2D eigenvalue weighted by Gasteiger charge is 2.40. The van der Waals surface area contributed by atoms with E-state index >= 15 is 0 Å². The Morgan fingerprint density at radius 3 is 2.73 bits per heavy atom. The third kappa shape index (κ3) is 2.06. The molecule has 0 aromatic rings. The summed E-state index contributed by atoms with van der Waals surface area (Å²) < 4.78 is 25.3. The average molecular weight is 177 g/mol. The molecule has 0 aromatic heterocycles. The van der Waals surface area contributed by atoms with Crippen molar-refractivity contribution in [2.75, 3.05) is 11.5 Å². The molecule has 0 aliphatic carbocycles. The van der Waals surface area contributed by atoms with Crippen LogP contribution in [0.2, 0.25) is 0 Å². The number of thioether (sulfide) groups is 1. The second kappa shape index (κ2) is 3.40. The largest absolute Gasteiger partial charge is 0.335 e. The monoisotopic (exact) mass is 177 g/mol. The molecule has 0 saturated carbocycles. The molecule has 1 fully saturated rings. The molecule has 62 valence electrons. The van der Waals surface area contributed by atoms with E-state index in [0.29, 0.717) is 12.2 Å². The molecule has 0 spiro atoms. The number of nitriles is 1. The number of nitrogens with zero attached hydrogens (tertiary/aromatic N) is 1. The molecule has 1 atom stereocenters. The number of hydrogen-bond donors (Lipinski definition) is 0. The van der Waals surface area contributed by atoms with Crippen molar-refractivity contribution in [1.82, 2.24) is 0 Å². The first-order valence-corrected chi connectivity index (χ1v) is 4.69. The van der Waals surface area contributed by atoms with Crippen LogP contribution in [-0.4, -0.2) is 17.4 Å². The number of rotatable bonds is 1. The van der Waals surface area contributed by atoms with Crippen molar-refractivity contribution in [3.8, 4) is 6.07 Å². The standard InChI is InChI=1S/C7H9F2NS/c8-7(9,5-10)6-2-1-3-11-4-6/h6H,1-4H2. The molecule has 1 saturated heterocycles. The zero-order chi connectivity index (χ0) is 8.32. The molecule has 1 heterocycles. The fourth-order valence-corrected chi connectivity index (χ4v) is 2.32. The van der Waals surface area contributed by atoms with Gasteiger partial charge in [0.2, 0.25) is 0 Å². The van der Waals surface area contributed by atoms with Gasteiger partial charge in [-0.05, 0) is 18.6 Å². The summed E-state index contributed by atoms with van der Waals surface area (Å²) in [6.45, 7) is 0. The maximum atomic E-state index is 12.7. The lowest BCUT2D eigenvalue weighted by Crippen LogP contribution is -2.30. The Labute approximate surface area is 68.8 Å². The predicted octanol–water partition coefficient (Wildman–Crippen LogP) is 2.29. The summed E-state index contributed by atoms with van der Waals surface area (Å²) in [4.78, 5) is 0. The topological polar surface area (TPSA) is 23.8 Å². The molecule has 1 rings (SSSR count). The molecule has 0 amide bonds. The minimum absolute atomic E-state index is 0.431. The number of halogens is 2. The minimum atomic E-state index is -3.10. The van der Waals surface area contributed by atoms with E-state index in [2.05, 4.69) is 0 Å². The van der Waals surface area contributed by atoms with Crippen LogP contribution in [0.5, 0.6) is 0 Å². The molecular weight excluding hydrogens is 168 g/mol. The molecule has 0 N–H and O–H groups in total. The van der Waals surface area contributed by atoms with Gasteiger partial charge in [0.1, 0.15) is 6.07 Å². The van der Waals surface area contributed by atoms with Gasteiger partial charge in [-0.1, -0.05) is 0 Å². The van der Waals surface area contributed by atoms with E-state index in [-0.39, 0.29) is 0 Å². The first-order valence-electron chi connectivity index (χ1n) is 3.53. The zero-order valence-electron chi connectivity index (χ0n) is 6.02. The van der Waals surface area contributed by atoms with Crippen molar-refractivity contribution >= 4 is 11.8 Å². The van der Waals surface area contributed by atoms with E-state index in [9.17, 15) is 8.78 Å². The van der Waals surface area contributed by atoms with Gasteiger partial charge in [-0.3, -0.25) is 0 Å². The smallest absolute Gasteiger partial charge is 0.192 e. The van der Waals surface area contributed by atoms with Crippen LogP contribution in [0, 0.1) is 17.2 Å². The van der Waals surface area contributed by atoms with Crippen molar-refractivity contribution in [3.05, 3.63) is 0 Å². The Bertz CT molecular complexity index is 170. The summed E-state index contributed by atoms with van der Waals surface area (Å²) in [5.41, 5.74) is 0. The highest BCUT2D eigenvalue weighted by molar-refractivity contribution is 7.99. The first-order chi connectivity index (χ1) is 5.17.